The van der Waals surface area contributed by atoms with Crippen LogP contribution in [-0.4, -0.2) is 41.5 Å². The van der Waals surface area contributed by atoms with E-state index in [0.29, 0.717) is 18.8 Å². The van der Waals surface area contributed by atoms with E-state index in [4.69, 9.17) is 15.9 Å². The van der Waals surface area contributed by atoms with Gasteiger partial charge in [0.2, 0.25) is 0 Å². The minimum Gasteiger partial charge on any atom is -0.399 e. The Kier molecular flexibility index (Phi) is 3.96. The molecular weight excluding hydrogens is 230 g/mol. The number of benzene rings is 1. The van der Waals surface area contributed by atoms with Crippen molar-refractivity contribution < 1.29 is 10.2 Å². The molecule has 2 rings (SSSR count). The molecule has 0 fully saturated rings. The first-order valence-electron chi connectivity index (χ1n) is 5.87. The van der Waals surface area contributed by atoms with Gasteiger partial charge in [0.1, 0.15) is 5.82 Å². The fourth-order valence-corrected chi connectivity index (χ4v) is 1.89. The number of aliphatic hydroxyl groups excluding tert-OH is 2. The molecular formula is C13H17N3O2. The smallest absolute Gasteiger partial charge is 0.129 e. The average molecular weight is 247 g/mol. The van der Waals surface area contributed by atoms with Gasteiger partial charge in [0, 0.05) is 24.2 Å². The summed E-state index contributed by atoms with van der Waals surface area (Å²) < 4.78 is 0. The molecule has 0 aliphatic heterocycles. The van der Waals surface area contributed by atoms with Crippen molar-refractivity contribution in [2.24, 2.45) is 0 Å². The van der Waals surface area contributed by atoms with Crippen LogP contribution in [0.3, 0.4) is 0 Å². The zero-order valence-electron chi connectivity index (χ0n) is 10.1. The van der Waals surface area contributed by atoms with Crippen molar-refractivity contribution in [2.75, 3.05) is 36.9 Å². The Balaban J connectivity index is 2.35. The number of aliphatic hydroxyl groups is 2. The van der Waals surface area contributed by atoms with Crippen LogP contribution in [0.15, 0.2) is 30.3 Å². The summed E-state index contributed by atoms with van der Waals surface area (Å²) in [6.45, 7) is 0.963. The maximum absolute atomic E-state index is 9.01. The van der Waals surface area contributed by atoms with E-state index >= 15 is 0 Å². The highest BCUT2D eigenvalue weighted by molar-refractivity contribution is 5.83. The molecule has 0 aliphatic rings. The zero-order valence-corrected chi connectivity index (χ0v) is 10.1. The fraction of sp³-hybridized carbons (Fsp3) is 0.308. The number of hydrogen-bond acceptors (Lipinski definition) is 5. The third-order valence-electron chi connectivity index (χ3n) is 2.76. The van der Waals surface area contributed by atoms with Gasteiger partial charge in [-0.3, -0.25) is 0 Å². The summed E-state index contributed by atoms with van der Waals surface area (Å²) in [6.07, 6.45) is 0. The number of hydrogen-bond donors (Lipinski definition) is 3. The van der Waals surface area contributed by atoms with E-state index in [1.165, 1.54) is 0 Å². The first kappa shape index (κ1) is 12.6. The second kappa shape index (κ2) is 5.66. The molecule has 0 saturated heterocycles. The van der Waals surface area contributed by atoms with Crippen molar-refractivity contribution in [3.63, 3.8) is 0 Å². The molecule has 0 unspecified atom stereocenters. The van der Waals surface area contributed by atoms with E-state index in [1.807, 2.05) is 35.2 Å². The molecule has 1 heterocycles. The van der Waals surface area contributed by atoms with Crippen molar-refractivity contribution in [1.82, 2.24) is 4.98 Å². The second-order valence-electron chi connectivity index (χ2n) is 4.06. The Morgan fingerprint density at radius 1 is 1.06 bits per heavy atom. The average Bonchev–Trinajstić information content (AvgIpc) is 2.38. The summed E-state index contributed by atoms with van der Waals surface area (Å²) in [5.41, 5.74) is 7.27. The SMILES string of the molecule is Nc1ccc2nc(N(CCO)CCO)ccc2c1. The van der Waals surface area contributed by atoms with Crippen LogP contribution in [0.1, 0.15) is 0 Å². The number of fused-ring (bicyclic) bond motifs is 1. The van der Waals surface area contributed by atoms with Crippen LogP contribution in [0.4, 0.5) is 11.5 Å². The Bertz CT molecular complexity index is 525. The Hall–Kier alpha value is -1.85. The van der Waals surface area contributed by atoms with Crippen LogP contribution in [-0.2, 0) is 0 Å². The zero-order chi connectivity index (χ0) is 13.0. The normalized spacial score (nSPS) is 10.8. The van der Waals surface area contributed by atoms with E-state index in [1.54, 1.807) is 0 Å². The second-order valence-corrected chi connectivity index (χ2v) is 4.06. The number of aromatic nitrogens is 1. The van der Waals surface area contributed by atoms with Crippen LogP contribution in [0, 0.1) is 0 Å². The van der Waals surface area contributed by atoms with Gasteiger partial charge in [-0.25, -0.2) is 4.98 Å². The Morgan fingerprint density at radius 3 is 2.44 bits per heavy atom. The van der Waals surface area contributed by atoms with Gasteiger partial charge in [0.25, 0.3) is 0 Å². The molecule has 0 aliphatic carbocycles. The molecule has 0 bridgehead atoms. The summed E-state index contributed by atoms with van der Waals surface area (Å²) in [5.74, 6) is 0.746. The molecule has 5 nitrogen and oxygen atoms in total. The van der Waals surface area contributed by atoms with Gasteiger partial charge >= 0.3 is 0 Å². The number of nitrogens with two attached hydrogens (primary N) is 1. The molecule has 4 N–H and O–H groups in total. The number of nitrogens with zero attached hydrogens (tertiary/aromatic N) is 2. The third-order valence-corrected chi connectivity index (χ3v) is 2.76. The van der Waals surface area contributed by atoms with E-state index in [-0.39, 0.29) is 13.2 Å². The number of pyridine rings is 1. The fourth-order valence-electron chi connectivity index (χ4n) is 1.89. The summed E-state index contributed by atoms with van der Waals surface area (Å²) in [5, 5.41) is 19.0. The highest BCUT2D eigenvalue weighted by Gasteiger charge is 2.07. The topological polar surface area (TPSA) is 82.6 Å². The Labute approximate surface area is 105 Å². The van der Waals surface area contributed by atoms with Crippen LogP contribution in [0.25, 0.3) is 10.9 Å². The van der Waals surface area contributed by atoms with Crippen LogP contribution < -0.4 is 10.6 Å². The predicted molar refractivity (Wildman–Crippen MR) is 72.5 cm³/mol. The minimum atomic E-state index is 0.0292. The highest BCUT2D eigenvalue weighted by Crippen LogP contribution is 2.20. The van der Waals surface area contributed by atoms with Crippen molar-refractivity contribution in [3.8, 4) is 0 Å². The molecule has 5 heteroatoms. The van der Waals surface area contributed by atoms with Gasteiger partial charge in [-0.1, -0.05) is 0 Å². The standard InChI is InChI=1S/C13H17N3O2/c14-11-2-3-12-10(9-11)1-4-13(15-12)16(5-7-17)6-8-18/h1-4,9,17-18H,5-8,14H2. The quantitative estimate of drug-likeness (QED) is 0.674. The summed E-state index contributed by atoms with van der Waals surface area (Å²) >= 11 is 0. The van der Waals surface area contributed by atoms with Crippen molar-refractivity contribution in [3.05, 3.63) is 30.3 Å². The van der Waals surface area contributed by atoms with Crippen molar-refractivity contribution in [2.45, 2.75) is 0 Å². The molecule has 1 aromatic heterocycles. The lowest BCUT2D eigenvalue weighted by atomic mass is 10.2. The molecule has 96 valence electrons. The molecule has 2 aromatic rings. The van der Waals surface area contributed by atoms with Gasteiger partial charge in [-0.05, 0) is 30.3 Å². The first-order chi connectivity index (χ1) is 8.74. The molecule has 0 saturated carbocycles. The molecule has 0 spiro atoms. The van der Waals surface area contributed by atoms with Gasteiger partial charge < -0.3 is 20.8 Å². The van der Waals surface area contributed by atoms with E-state index < -0.39 is 0 Å². The first-order valence-corrected chi connectivity index (χ1v) is 5.87. The lowest BCUT2D eigenvalue weighted by Gasteiger charge is -2.21. The molecule has 0 atom stereocenters. The summed E-state index contributed by atoms with van der Waals surface area (Å²) in [6, 6.07) is 9.35. The molecule has 1 aromatic carbocycles. The van der Waals surface area contributed by atoms with Crippen LogP contribution in [0.5, 0.6) is 0 Å². The van der Waals surface area contributed by atoms with Crippen LogP contribution in [0.2, 0.25) is 0 Å². The largest absolute Gasteiger partial charge is 0.399 e. The van der Waals surface area contributed by atoms with E-state index in [9.17, 15) is 0 Å². The van der Waals surface area contributed by atoms with Crippen LogP contribution >= 0.6 is 0 Å². The summed E-state index contributed by atoms with van der Waals surface area (Å²) in [7, 11) is 0. The van der Waals surface area contributed by atoms with Gasteiger partial charge in [0.05, 0.1) is 18.7 Å². The van der Waals surface area contributed by atoms with E-state index in [2.05, 4.69) is 4.98 Å². The molecule has 0 radical (unpaired) electrons. The lowest BCUT2D eigenvalue weighted by molar-refractivity contribution is 0.280. The lowest BCUT2D eigenvalue weighted by Crippen LogP contribution is -2.30. The number of nitrogen functional groups attached to an aromatic ring is 1. The monoisotopic (exact) mass is 247 g/mol. The summed E-state index contributed by atoms with van der Waals surface area (Å²) in [4.78, 5) is 6.35. The van der Waals surface area contributed by atoms with Gasteiger partial charge in [0.15, 0.2) is 0 Å². The van der Waals surface area contributed by atoms with Gasteiger partial charge in [-0.2, -0.15) is 0 Å². The van der Waals surface area contributed by atoms with Gasteiger partial charge in [-0.15, -0.1) is 0 Å². The highest BCUT2D eigenvalue weighted by atomic mass is 16.3. The third kappa shape index (κ3) is 2.69. The van der Waals surface area contributed by atoms with Crippen molar-refractivity contribution in [1.29, 1.82) is 0 Å². The minimum absolute atomic E-state index is 0.0292. The maximum atomic E-state index is 9.01. The Morgan fingerprint density at radius 2 is 1.78 bits per heavy atom. The van der Waals surface area contributed by atoms with Crippen molar-refractivity contribution >= 4 is 22.4 Å². The molecule has 18 heavy (non-hydrogen) atoms. The maximum Gasteiger partial charge on any atom is 0.129 e. The van der Waals surface area contributed by atoms with E-state index in [0.717, 1.165) is 16.7 Å². The molecule has 0 amide bonds. The predicted octanol–water partition coefficient (Wildman–Crippen LogP) is 0.608. The number of anilines is 2. The number of rotatable bonds is 5.